The molecule has 0 bridgehead atoms. The third-order valence-corrected chi connectivity index (χ3v) is 6.73. The van der Waals surface area contributed by atoms with Gasteiger partial charge in [0.05, 0.1) is 13.2 Å². The summed E-state index contributed by atoms with van der Waals surface area (Å²) in [5, 5.41) is 12.5. The largest absolute Gasteiger partial charge is 0.467 e. The summed E-state index contributed by atoms with van der Waals surface area (Å²) >= 11 is 0. The molecule has 2 aromatic carbocycles. The molecule has 2 aromatic rings. The van der Waals surface area contributed by atoms with Gasteiger partial charge in [0.2, 0.25) is 5.91 Å². The van der Waals surface area contributed by atoms with Crippen LogP contribution in [-0.4, -0.2) is 66.9 Å². The van der Waals surface area contributed by atoms with Crippen molar-refractivity contribution in [3.05, 3.63) is 59.7 Å². The first-order valence-electron chi connectivity index (χ1n) is 11.8. The number of rotatable bonds is 9. The monoisotopic (exact) mass is 482 g/mol. The van der Waals surface area contributed by atoms with Crippen molar-refractivity contribution in [2.45, 2.75) is 51.3 Å². The number of amides is 2. The van der Waals surface area contributed by atoms with Gasteiger partial charge in [-0.2, -0.15) is 0 Å². The number of likely N-dealkylation sites (N-methyl/N-ethyl adjacent to an activating group) is 1. The van der Waals surface area contributed by atoms with Crippen LogP contribution in [0.3, 0.4) is 0 Å². The molecule has 0 aliphatic heterocycles. The van der Waals surface area contributed by atoms with Crippen LogP contribution in [0.1, 0.15) is 44.2 Å². The highest BCUT2D eigenvalue weighted by molar-refractivity contribution is 5.90. The third-order valence-electron chi connectivity index (χ3n) is 6.73. The summed E-state index contributed by atoms with van der Waals surface area (Å²) in [5.74, 6) is -1.66. The number of nitrogens with one attached hydrogen (secondary N) is 1. The van der Waals surface area contributed by atoms with Crippen LogP contribution < -0.4 is 5.32 Å². The van der Waals surface area contributed by atoms with Crippen LogP contribution in [0.15, 0.2) is 48.5 Å². The Labute approximate surface area is 206 Å². The molecular formula is C27H34N2O6. The fourth-order valence-corrected chi connectivity index (χ4v) is 4.59. The Hall–Kier alpha value is -3.39. The number of carbonyl (C=O) groups excluding carboxylic acids is 3. The van der Waals surface area contributed by atoms with Crippen molar-refractivity contribution >= 4 is 18.0 Å². The number of hydrogen-bond donors (Lipinski definition) is 2. The van der Waals surface area contributed by atoms with Crippen molar-refractivity contribution < 1.29 is 29.0 Å². The zero-order chi connectivity index (χ0) is 25.7. The average Bonchev–Trinajstić information content (AvgIpc) is 3.18. The number of nitrogens with zero attached hydrogens (tertiary/aromatic N) is 1. The summed E-state index contributed by atoms with van der Waals surface area (Å²) in [6.45, 7) is 5.26. The van der Waals surface area contributed by atoms with E-state index in [0.29, 0.717) is 6.42 Å². The molecule has 0 saturated heterocycles. The summed E-state index contributed by atoms with van der Waals surface area (Å²) in [6.07, 6.45) is -1.20. The smallest absolute Gasteiger partial charge is 0.410 e. The van der Waals surface area contributed by atoms with Gasteiger partial charge in [0.1, 0.15) is 12.6 Å². The van der Waals surface area contributed by atoms with E-state index in [9.17, 15) is 19.5 Å². The van der Waals surface area contributed by atoms with E-state index in [2.05, 4.69) is 22.2 Å². The van der Waals surface area contributed by atoms with Crippen LogP contribution in [0.5, 0.6) is 0 Å². The Kier molecular flexibility index (Phi) is 8.51. The minimum atomic E-state index is -1.24. The molecule has 0 spiro atoms. The number of carbonyl (C=O) groups is 3. The lowest BCUT2D eigenvalue weighted by molar-refractivity contribution is -0.149. The number of ether oxygens (including phenoxy) is 2. The molecule has 1 aliphatic carbocycles. The van der Waals surface area contributed by atoms with E-state index in [1.54, 1.807) is 0 Å². The van der Waals surface area contributed by atoms with E-state index in [1.165, 1.54) is 26.0 Å². The van der Waals surface area contributed by atoms with Crippen molar-refractivity contribution in [1.82, 2.24) is 10.2 Å². The van der Waals surface area contributed by atoms with E-state index < -0.39 is 36.2 Å². The number of fused-ring (bicyclic) bond motifs is 3. The lowest BCUT2D eigenvalue weighted by Crippen LogP contribution is -2.57. The van der Waals surface area contributed by atoms with Crippen LogP contribution in [-0.2, 0) is 19.1 Å². The Morgan fingerprint density at radius 1 is 1.03 bits per heavy atom. The topological polar surface area (TPSA) is 105 Å². The molecule has 0 saturated carbocycles. The first-order valence-corrected chi connectivity index (χ1v) is 11.8. The maximum Gasteiger partial charge on any atom is 0.410 e. The molecule has 3 rings (SSSR count). The zero-order valence-corrected chi connectivity index (χ0v) is 20.9. The second-order valence-corrected chi connectivity index (χ2v) is 9.00. The summed E-state index contributed by atoms with van der Waals surface area (Å²) in [7, 11) is 2.68. The Morgan fingerprint density at radius 2 is 1.57 bits per heavy atom. The highest BCUT2D eigenvalue weighted by atomic mass is 16.6. The van der Waals surface area contributed by atoms with Crippen molar-refractivity contribution in [3.8, 4) is 11.1 Å². The number of benzene rings is 2. The van der Waals surface area contributed by atoms with E-state index in [0.717, 1.165) is 22.3 Å². The van der Waals surface area contributed by atoms with Gasteiger partial charge in [0.15, 0.2) is 6.04 Å². The standard InChI is InChI=1S/C27H34N2O6/c1-6-16(2)24(25(31)28-23(17(3)30)26(32)34-5)29(4)27(33)35-15-22-20-13-9-7-11-18(20)19-12-8-10-14-21(19)22/h7-14,16-17,22-24,30H,6,15H2,1-5H3,(H,28,31)/t16-,17+,23-,24-/m0/s1. The lowest BCUT2D eigenvalue weighted by Gasteiger charge is -2.32. The number of esters is 1. The average molecular weight is 483 g/mol. The van der Waals surface area contributed by atoms with Crippen molar-refractivity contribution in [1.29, 1.82) is 0 Å². The summed E-state index contributed by atoms with van der Waals surface area (Å²) in [5.41, 5.74) is 4.44. The lowest BCUT2D eigenvalue weighted by atomic mass is 9.96. The highest BCUT2D eigenvalue weighted by Crippen LogP contribution is 2.44. The fraction of sp³-hybridized carbons (Fsp3) is 0.444. The molecule has 8 nitrogen and oxygen atoms in total. The molecule has 0 radical (unpaired) electrons. The van der Waals surface area contributed by atoms with Gasteiger partial charge in [-0.15, -0.1) is 0 Å². The van der Waals surface area contributed by atoms with Gasteiger partial charge < -0.3 is 19.9 Å². The van der Waals surface area contributed by atoms with Gasteiger partial charge in [-0.1, -0.05) is 68.8 Å². The van der Waals surface area contributed by atoms with Gasteiger partial charge in [-0.25, -0.2) is 9.59 Å². The molecule has 188 valence electrons. The Morgan fingerprint density at radius 3 is 2.06 bits per heavy atom. The minimum Gasteiger partial charge on any atom is -0.467 e. The predicted octanol–water partition coefficient (Wildman–Crippen LogP) is 3.32. The van der Waals surface area contributed by atoms with E-state index in [-0.39, 0.29) is 18.4 Å². The highest BCUT2D eigenvalue weighted by Gasteiger charge is 2.37. The van der Waals surface area contributed by atoms with Crippen molar-refractivity contribution in [2.24, 2.45) is 5.92 Å². The van der Waals surface area contributed by atoms with Gasteiger partial charge in [0, 0.05) is 13.0 Å². The number of methoxy groups -OCH3 is 1. The van der Waals surface area contributed by atoms with Crippen LogP contribution in [0.2, 0.25) is 0 Å². The van der Waals surface area contributed by atoms with Gasteiger partial charge in [-0.05, 0) is 35.1 Å². The molecule has 4 atom stereocenters. The summed E-state index contributed by atoms with van der Waals surface area (Å²) in [4.78, 5) is 39.5. The molecule has 8 heteroatoms. The van der Waals surface area contributed by atoms with Crippen LogP contribution in [0, 0.1) is 5.92 Å². The molecule has 0 heterocycles. The molecule has 0 fully saturated rings. The Balaban J connectivity index is 1.75. The van der Waals surface area contributed by atoms with Crippen LogP contribution in [0.25, 0.3) is 11.1 Å². The maximum atomic E-state index is 13.1. The van der Waals surface area contributed by atoms with E-state index >= 15 is 0 Å². The molecule has 0 unspecified atom stereocenters. The fourth-order valence-electron chi connectivity index (χ4n) is 4.59. The number of hydrogen-bond acceptors (Lipinski definition) is 6. The third kappa shape index (κ3) is 5.48. The molecular weight excluding hydrogens is 448 g/mol. The van der Waals surface area contributed by atoms with E-state index in [4.69, 9.17) is 4.74 Å². The number of aliphatic hydroxyl groups excluding tert-OH is 1. The second-order valence-electron chi connectivity index (χ2n) is 9.00. The van der Waals surface area contributed by atoms with Crippen molar-refractivity contribution in [3.63, 3.8) is 0 Å². The van der Waals surface area contributed by atoms with E-state index in [1.807, 2.05) is 50.2 Å². The second kappa shape index (κ2) is 11.4. The van der Waals surface area contributed by atoms with Gasteiger partial charge >= 0.3 is 12.1 Å². The maximum absolute atomic E-state index is 13.1. The molecule has 35 heavy (non-hydrogen) atoms. The summed E-state index contributed by atoms with van der Waals surface area (Å²) in [6, 6.07) is 14.0. The number of aliphatic hydroxyl groups is 1. The minimum absolute atomic E-state index is 0.102. The predicted molar refractivity (Wildman–Crippen MR) is 132 cm³/mol. The van der Waals surface area contributed by atoms with Crippen LogP contribution in [0.4, 0.5) is 4.79 Å². The van der Waals surface area contributed by atoms with Gasteiger partial charge in [-0.3, -0.25) is 9.69 Å². The molecule has 1 aliphatic rings. The summed E-state index contributed by atoms with van der Waals surface area (Å²) < 4.78 is 10.4. The van der Waals surface area contributed by atoms with Crippen molar-refractivity contribution in [2.75, 3.05) is 20.8 Å². The Bertz CT molecular complexity index is 1020. The quantitative estimate of drug-likeness (QED) is 0.532. The van der Waals surface area contributed by atoms with Crippen LogP contribution >= 0.6 is 0 Å². The molecule has 0 aromatic heterocycles. The molecule has 2 N–H and O–H groups in total. The first kappa shape index (κ1) is 26.2. The first-order chi connectivity index (χ1) is 16.7. The van der Waals surface area contributed by atoms with Gasteiger partial charge in [0.25, 0.3) is 0 Å². The SMILES string of the molecule is CC[C@H](C)[C@@H](C(=O)N[C@H](C(=O)OC)[C@@H](C)O)N(C)C(=O)OCC1c2ccccc2-c2ccccc21. The normalized spacial score (nSPS) is 15.7. The molecule has 2 amide bonds. The zero-order valence-electron chi connectivity index (χ0n) is 20.9.